The maximum absolute atomic E-state index is 12.6. The van der Waals surface area contributed by atoms with Crippen molar-refractivity contribution in [3.05, 3.63) is 85.8 Å². The van der Waals surface area contributed by atoms with Gasteiger partial charge < -0.3 is 5.32 Å². The van der Waals surface area contributed by atoms with Gasteiger partial charge in [-0.25, -0.2) is 9.97 Å². The molecule has 0 atom stereocenters. The van der Waals surface area contributed by atoms with Gasteiger partial charge in [-0.3, -0.25) is 14.2 Å². The first-order valence-corrected chi connectivity index (χ1v) is 11.5. The molecule has 0 fully saturated rings. The molecular weight excluding hydrogens is 476 g/mol. The van der Waals surface area contributed by atoms with Gasteiger partial charge >= 0.3 is 0 Å². The molecule has 6 nitrogen and oxygen atoms in total. The molecular formula is C23H21BrN4O2S. The molecule has 1 N–H and O–H groups in total. The highest BCUT2D eigenvalue weighted by Gasteiger charge is 2.09. The summed E-state index contributed by atoms with van der Waals surface area (Å²) in [6, 6.07) is 13.7. The van der Waals surface area contributed by atoms with Crippen molar-refractivity contribution in [2.45, 2.75) is 32.7 Å². The number of nitrogens with zero attached hydrogens (tertiary/aromatic N) is 3. The Bertz CT molecular complexity index is 1280. The fourth-order valence-corrected chi connectivity index (χ4v) is 4.47. The minimum Gasteiger partial charge on any atom is -0.302 e. The van der Waals surface area contributed by atoms with Gasteiger partial charge in [0, 0.05) is 34.9 Å². The molecule has 0 aliphatic heterocycles. The zero-order chi connectivity index (χ0) is 21.8. The fraction of sp³-hybridized carbons (Fsp3) is 0.217. The lowest BCUT2D eigenvalue weighted by Crippen LogP contribution is -2.22. The monoisotopic (exact) mass is 496 g/mol. The van der Waals surface area contributed by atoms with E-state index in [1.807, 2.05) is 31.2 Å². The minimum absolute atomic E-state index is 0.0772. The number of aryl methyl sites for hydroxylation is 2. The van der Waals surface area contributed by atoms with Crippen molar-refractivity contribution in [1.82, 2.24) is 14.5 Å². The number of anilines is 1. The first-order valence-electron chi connectivity index (χ1n) is 9.93. The number of rotatable bonds is 7. The molecule has 31 heavy (non-hydrogen) atoms. The molecule has 0 saturated carbocycles. The topological polar surface area (TPSA) is 76.9 Å². The number of hydrogen-bond donors (Lipinski definition) is 1. The highest BCUT2D eigenvalue weighted by atomic mass is 79.9. The van der Waals surface area contributed by atoms with Gasteiger partial charge in [0.1, 0.15) is 0 Å². The van der Waals surface area contributed by atoms with Gasteiger partial charge in [-0.1, -0.05) is 40.2 Å². The summed E-state index contributed by atoms with van der Waals surface area (Å²) in [5.74, 6) is -0.109. The number of thiazole rings is 1. The van der Waals surface area contributed by atoms with Crippen LogP contribution < -0.4 is 10.9 Å². The van der Waals surface area contributed by atoms with Crippen molar-refractivity contribution in [2.24, 2.45) is 0 Å². The number of halogens is 1. The Labute approximate surface area is 192 Å². The number of benzene rings is 2. The predicted molar refractivity (Wildman–Crippen MR) is 128 cm³/mol. The number of para-hydroxylation sites is 1. The minimum atomic E-state index is -0.109. The molecule has 0 saturated heterocycles. The summed E-state index contributed by atoms with van der Waals surface area (Å²) in [7, 11) is 0. The number of hydrogen-bond acceptors (Lipinski definition) is 5. The van der Waals surface area contributed by atoms with E-state index < -0.39 is 0 Å². The summed E-state index contributed by atoms with van der Waals surface area (Å²) >= 11 is 4.91. The summed E-state index contributed by atoms with van der Waals surface area (Å²) < 4.78 is 2.61. The normalized spacial score (nSPS) is 11.0. The Hall–Kier alpha value is -2.84. The molecule has 2 heterocycles. The van der Waals surface area contributed by atoms with Crippen LogP contribution in [0.15, 0.2) is 64.3 Å². The Morgan fingerprint density at radius 2 is 1.97 bits per heavy atom. The highest BCUT2D eigenvalue weighted by molar-refractivity contribution is 9.10. The van der Waals surface area contributed by atoms with E-state index in [0.29, 0.717) is 29.9 Å². The van der Waals surface area contributed by atoms with Gasteiger partial charge in [0.2, 0.25) is 5.91 Å². The standard InChI is InChI=1S/C23H21BrN4O2S/c1-15-4-2-5-19-21(15)26-14-28(22(19)30)11-3-6-20(29)27-23-25-13-18(31-23)12-16-7-9-17(24)10-8-16/h2,4-5,7-10,13-14H,3,6,11-12H2,1H3,(H,25,27,29). The molecule has 2 aromatic heterocycles. The second kappa shape index (κ2) is 9.53. The largest absolute Gasteiger partial charge is 0.302 e. The van der Waals surface area contributed by atoms with E-state index in [4.69, 9.17) is 0 Å². The van der Waals surface area contributed by atoms with Gasteiger partial charge in [-0.05, 0) is 42.7 Å². The summed E-state index contributed by atoms with van der Waals surface area (Å²) in [5, 5.41) is 4.05. The third-order valence-electron chi connectivity index (χ3n) is 4.95. The number of fused-ring (bicyclic) bond motifs is 1. The van der Waals surface area contributed by atoms with Crippen molar-refractivity contribution in [1.29, 1.82) is 0 Å². The summed E-state index contributed by atoms with van der Waals surface area (Å²) in [6.45, 7) is 2.38. The molecule has 0 aliphatic carbocycles. The molecule has 0 bridgehead atoms. The van der Waals surface area contributed by atoms with Gasteiger partial charge in [0.05, 0.1) is 17.2 Å². The summed E-state index contributed by atoms with van der Waals surface area (Å²) in [5.41, 5.74) is 2.81. The highest BCUT2D eigenvalue weighted by Crippen LogP contribution is 2.22. The molecule has 4 rings (SSSR count). The Morgan fingerprint density at radius 3 is 2.77 bits per heavy atom. The zero-order valence-corrected chi connectivity index (χ0v) is 19.4. The molecule has 158 valence electrons. The maximum atomic E-state index is 12.6. The Morgan fingerprint density at radius 1 is 1.16 bits per heavy atom. The Kier molecular flexibility index (Phi) is 6.58. The van der Waals surface area contributed by atoms with Gasteiger partial charge in [-0.2, -0.15) is 0 Å². The fourth-order valence-electron chi connectivity index (χ4n) is 3.34. The van der Waals surface area contributed by atoms with E-state index in [-0.39, 0.29) is 11.5 Å². The van der Waals surface area contributed by atoms with Crippen LogP contribution in [0.25, 0.3) is 10.9 Å². The van der Waals surface area contributed by atoms with E-state index in [2.05, 4.69) is 43.3 Å². The average molecular weight is 497 g/mol. The summed E-state index contributed by atoms with van der Waals surface area (Å²) in [4.78, 5) is 34.7. The molecule has 0 unspecified atom stereocenters. The lowest BCUT2D eigenvalue weighted by molar-refractivity contribution is -0.116. The average Bonchev–Trinajstić information content (AvgIpc) is 3.18. The van der Waals surface area contributed by atoms with Crippen LogP contribution in [-0.4, -0.2) is 20.4 Å². The first-order chi connectivity index (χ1) is 15.0. The van der Waals surface area contributed by atoms with Crippen LogP contribution in [-0.2, 0) is 17.8 Å². The van der Waals surface area contributed by atoms with Crippen molar-refractivity contribution < 1.29 is 4.79 Å². The Balaban J connectivity index is 1.30. The third kappa shape index (κ3) is 5.26. The van der Waals surface area contributed by atoms with E-state index in [9.17, 15) is 9.59 Å². The SMILES string of the molecule is Cc1cccc2c(=O)n(CCCC(=O)Nc3ncc(Cc4ccc(Br)cc4)s3)cnc12. The van der Waals surface area contributed by atoms with Crippen LogP contribution >= 0.6 is 27.3 Å². The van der Waals surface area contributed by atoms with E-state index in [0.717, 1.165) is 26.9 Å². The molecule has 0 radical (unpaired) electrons. The number of nitrogens with one attached hydrogen (secondary N) is 1. The van der Waals surface area contributed by atoms with E-state index in [1.165, 1.54) is 16.9 Å². The molecule has 0 spiro atoms. The second-order valence-corrected chi connectivity index (χ2v) is 9.33. The van der Waals surface area contributed by atoms with Crippen molar-refractivity contribution in [2.75, 3.05) is 5.32 Å². The van der Waals surface area contributed by atoms with E-state index >= 15 is 0 Å². The van der Waals surface area contributed by atoms with Crippen molar-refractivity contribution >= 4 is 49.2 Å². The smallest absolute Gasteiger partial charge is 0.261 e. The molecule has 2 aromatic carbocycles. The molecule has 1 amide bonds. The lowest BCUT2D eigenvalue weighted by Gasteiger charge is -2.07. The third-order valence-corrected chi connectivity index (χ3v) is 6.39. The van der Waals surface area contributed by atoms with Crippen LogP contribution in [0.1, 0.15) is 28.8 Å². The quantitative estimate of drug-likeness (QED) is 0.393. The maximum Gasteiger partial charge on any atom is 0.261 e. The van der Waals surface area contributed by atoms with Gasteiger partial charge in [0.25, 0.3) is 5.56 Å². The predicted octanol–water partition coefficient (Wildman–Crippen LogP) is 4.93. The van der Waals surface area contributed by atoms with Gasteiger partial charge in [-0.15, -0.1) is 11.3 Å². The van der Waals surface area contributed by atoms with Crippen molar-refractivity contribution in [3.63, 3.8) is 0 Å². The summed E-state index contributed by atoms with van der Waals surface area (Å²) in [6.07, 6.45) is 4.98. The lowest BCUT2D eigenvalue weighted by atomic mass is 10.1. The van der Waals surface area contributed by atoms with Crippen molar-refractivity contribution in [3.8, 4) is 0 Å². The number of carbonyl (C=O) groups excluding carboxylic acids is 1. The van der Waals surface area contributed by atoms with Crippen LogP contribution in [0.2, 0.25) is 0 Å². The van der Waals surface area contributed by atoms with Crippen LogP contribution in [0.5, 0.6) is 0 Å². The molecule has 8 heteroatoms. The number of aromatic nitrogens is 3. The number of amides is 1. The van der Waals surface area contributed by atoms with Crippen LogP contribution in [0.4, 0.5) is 5.13 Å². The van der Waals surface area contributed by atoms with Crippen LogP contribution in [0.3, 0.4) is 0 Å². The number of carbonyl (C=O) groups is 1. The zero-order valence-electron chi connectivity index (χ0n) is 17.0. The van der Waals surface area contributed by atoms with Gasteiger partial charge in [0.15, 0.2) is 5.13 Å². The second-order valence-electron chi connectivity index (χ2n) is 7.30. The molecule has 0 aliphatic rings. The molecule has 4 aromatic rings. The first kappa shape index (κ1) is 21.4. The van der Waals surface area contributed by atoms with E-state index in [1.54, 1.807) is 23.2 Å². The van der Waals surface area contributed by atoms with Crippen LogP contribution in [0, 0.1) is 6.92 Å².